The third-order valence-electron chi connectivity index (χ3n) is 5.03. The van der Waals surface area contributed by atoms with Crippen LogP contribution in [0, 0.1) is 5.82 Å². The lowest BCUT2D eigenvalue weighted by Crippen LogP contribution is -2.30. The van der Waals surface area contributed by atoms with Crippen molar-refractivity contribution in [2.45, 2.75) is 37.3 Å². The first-order valence-electron chi connectivity index (χ1n) is 9.80. The number of amides is 1. The van der Waals surface area contributed by atoms with E-state index in [0.717, 1.165) is 42.5 Å². The number of nitrogens with one attached hydrogen (secondary N) is 1. The van der Waals surface area contributed by atoms with Crippen molar-refractivity contribution in [1.82, 2.24) is 14.5 Å². The van der Waals surface area contributed by atoms with E-state index >= 15 is 0 Å². The summed E-state index contributed by atoms with van der Waals surface area (Å²) >= 11 is 1.23. The normalized spacial score (nSPS) is 13.0. The molecule has 0 saturated heterocycles. The standard InChI is InChI=1S/C22H21FN4O2S/c23-17-6-2-3-7-18(17)25-20(28)14-30-21-16-5-1-4-8-19(16)27(22(29)26-21)13-15-9-11-24-12-10-15/h2-3,6-7,9-12H,1,4-5,8,13-14H2,(H,25,28). The molecule has 0 aliphatic heterocycles. The number of pyridine rings is 1. The van der Waals surface area contributed by atoms with Gasteiger partial charge in [-0.3, -0.25) is 14.3 Å². The zero-order chi connectivity index (χ0) is 20.9. The number of benzene rings is 1. The fraction of sp³-hybridized carbons (Fsp3) is 0.273. The van der Waals surface area contributed by atoms with Crippen LogP contribution in [-0.2, 0) is 24.2 Å². The molecule has 4 rings (SSSR count). The molecule has 8 heteroatoms. The van der Waals surface area contributed by atoms with Crippen LogP contribution < -0.4 is 11.0 Å². The predicted molar refractivity (Wildman–Crippen MR) is 114 cm³/mol. The number of carbonyl (C=O) groups excluding carboxylic acids is 1. The Morgan fingerprint density at radius 3 is 2.70 bits per heavy atom. The van der Waals surface area contributed by atoms with Crippen molar-refractivity contribution in [3.8, 4) is 0 Å². The van der Waals surface area contributed by atoms with Gasteiger partial charge in [-0.2, -0.15) is 4.98 Å². The summed E-state index contributed by atoms with van der Waals surface area (Å²) in [6.07, 6.45) is 7.10. The maximum atomic E-state index is 13.7. The first-order valence-corrected chi connectivity index (χ1v) is 10.8. The third-order valence-corrected chi connectivity index (χ3v) is 6.05. The Bertz CT molecular complexity index is 1120. The Labute approximate surface area is 177 Å². The SMILES string of the molecule is O=C(CSc1nc(=O)n(Cc2ccncc2)c2c1CCCC2)Nc1ccccc1F. The summed E-state index contributed by atoms with van der Waals surface area (Å²) in [7, 11) is 0. The lowest BCUT2D eigenvalue weighted by Gasteiger charge is -2.22. The minimum Gasteiger partial charge on any atom is -0.323 e. The van der Waals surface area contributed by atoms with Gasteiger partial charge in [0.1, 0.15) is 10.8 Å². The fourth-order valence-electron chi connectivity index (χ4n) is 3.58. The van der Waals surface area contributed by atoms with Crippen molar-refractivity contribution < 1.29 is 9.18 Å². The van der Waals surface area contributed by atoms with Crippen LogP contribution in [0.1, 0.15) is 29.7 Å². The number of thioether (sulfide) groups is 1. The molecule has 0 atom stereocenters. The second-order valence-electron chi connectivity index (χ2n) is 7.09. The molecule has 0 radical (unpaired) electrons. The molecule has 1 amide bonds. The number of rotatable bonds is 6. The molecular weight excluding hydrogens is 403 g/mol. The summed E-state index contributed by atoms with van der Waals surface area (Å²) < 4.78 is 15.5. The zero-order valence-electron chi connectivity index (χ0n) is 16.3. The number of halogens is 1. The van der Waals surface area contributed by atoms with Crippen LogP contribution in [0.2, 0.25) is 0 Å². The monoisotopic (exact) mass is 424 g/mol. The second-order valence-corrected chi connectivity index (χ2v) is 8.05. The van der Waals surface area contributed by atoms with Gasteiger partial charge >= 0.3 is 5.69 Å². The Morgan fingerprint density at radius 2 is 1.90 bits per heavy atom. The van der Waals surface area contributed by atoms with Crippen molar-refractivity contribution in [2.75, 3.05) is 11.1 Å². The van der Waals surface area contributed by atoms with E-state index in [4.69, 9.17) is 0 Å². The number of aromatic nitrogens is 3. The van der Waals surface area contributed by atoms with Gasteiger partial charge in [-0.25, -0.2) is 9.18 Å². The molecule has 1 aromatic carbocycles. The summed E-state index contributed by atoms with van der Waals surface area (Å²) in [5.41, 5.74) is 2.86. The van der Waals surface area contributed by atoms with Gasteiger partial charge in [-0.15, -0.1) is 0 Å². The van der Waals surface area contributed by atoms with Gasteiger partial charge < -0.3 is 5.32 Å². The molecule has 2 heterocycles. The van der Waals surface area contributed by atoms with Gasteiger partial charge in [0.05, 0.1) is 18.0 Å². The maximum absolute atomic E-state index is 13.7. The zero-order valence-corrected chi connectivity index (χ0v) is 17.1. The highest BCUT2D eigenvalue weighted by Crippen LogP contribution is 2.29. The van der Waals surface area contributed by atoms with E-state index in [1.165, 1.54) is 23.9 Å². The summed E-state index contributed by atoms with van der Waals surface area (Å²) in [5.74, 6) is -0.760. The Kier molecular flexibility index (Phi) is 6.23. The molecule has 30 heavy (non-hydrogen) atoms. The summed E-state index contributed by atoms with van der Waals surface area (Å²) in [4.78, 5) is 33.4. The molecular formula is C22H21FN4O2S. The minimum atomic E-state index is -0.481. The summed E-state index contributed by atoms with van der Waals surface area (Å²) in [6.45, 7) is 0.454. The number of anilines is 1. The number of hydrogen-bond acceptors (Lipinski definition) is 5. The number of nitrogens with zero attached hydrogens (tertiary/aromatic N) is 3. The van der Waals surface area contributed by atoms with Crippen molar-refractivity contribution in [2.24, 2.45) is 0 Å². The van der Waals surface area contributed by atoms with E-state index in [1.807, 2.05) is 12.1 Å². The highest BCUT2D eigenvalue weighted by molar-refractivity contribution is 8.00. The second kappa shape index (κ2) is 9.21. The number of para-hydroxylation sites is 1. The van der Waals surface area contributed by atoms with E-state index in [9.17, 15) is 14.0 Å². The third kappa shape index (κ3) is 4.59. The number of hydrogen-bond donors (Lipinski definition) is 1. The fourth-order valence-corrected chi connectivity index (χ4v) is 4.46. The van der Waals surface area contributed by atoms with Crippen LogP contribution >= 0.6 is 11.8 Å². The Morgan fingerprint density at radius 1 is 1.13 bits per heavy atom. The summed E-state index contributed by atoms with van der Waals surface area (Å²) in [5, 5.41) is 3.17. The van der Waals surface area contributed by atoms with Gasteiger partial charge in [-0.1, -0.05) is 23.9 Å². The average molecular weight is 425 g/mol. The number of fused-ring (bicyclic) bond motifs is 1. The topological polar surface area (TPSA) is 76.9 Å². The van der Waals surface area contributed by atoms with Crippen molar-refractivity contribution in [3.63, 3.8) is 0 Å². The highest BCUT2D eigenvalue weighted by Gasteiger charge is 2.21. The molecule has 6 nitrogen and oxygen atoms in total. The molecule has 154 valence electrons. The van der Waals surface area contributed by atoms with E-state index in [2.05, 4.69) is 15.3 Å². The van der Waals surface area contributed by atoms with Crippen LogP contribution in [0.3, 0.4) is 0 Å². The van der Waals surface area contributed by atoms with Crippen LogP contribution in [0.25, 0.3) is 0 Å². The molecule has 0 saturated carbocycles. The molecule has 0 bridgehead atoms. The molecule has 1 aliphatic rings. The van der Waals surface area contributed by atoms with Crippen LogP contribution in [0.15, 0.2) is 58.6 Å². The van der Waals surface area contributed by atoms with Gasteiger partial charge in [0, 0.05) is 23.7 Å². The Hall–Kier alpha value is -3.00. The molecule has 1 N–H and O–H groups in total. The summed E-state index contributed by atoms with van der Waals surface area (Å²) in [6, 6.07) is 9.80. The van der Waals surface area contributed by atoms with E-state index in [-0.39, 0.29) is 23.0 Å². The molecule has 2 aromatic heterocycles. The molecule has 0 unspecified atom stereocenters. The van der Waals surface area contributed by atoms with Crippen molar-refractivity contribution in [3.05, 3.63) is 81.9 Å². The van der Waals surface area contributed by atoms with E-state index in [0.29, 0.717) is 11.6 Å². The van der Waals surface area contributed by atoms with Gasteiger partial charge in [0.2, 0.25) is 5.91 Å². The molecule has 0 fully saturated rings. The van der Waals surface area contributed by atoms with E-state index in [1.54, 1.807) is 29.1 Å². The van der Waals surface area contributed by atoms with Crippen LogP contribution in [0.5, 0.6) is 0 Å². The predicted octanol–water partition coefficient (Wildman–Crippen LogP) is 3.44. The Balaban J connectivity index is 1.54. The van der Waals surface area contributed by atoms with Crippen molar-refractivity contribution in [1.29, 1.82) is 0 Å². The maximum Gasteiger partial charge on any atom is 0.349 e. The first kappa shape index (κ1) is 20.3. The van der Waals surface area contributed by atoms with Gasteiger partial charge in [0.25, 0.3) is 0 Å². The van der Waals surface area contributed by atoms with Gasteiger partial charge in [-0.05, 0) is 55.5 Å². The largest absolute Gasteiger partial charge is 0.349 e. The van der Waals surface area contributed by atoms with E-state index < -0.39 is 5.82 Å². The molecule has 3 aromatic rings. The molecule has 0 spiro atoms. The average Bonchev–Trinajstić information content (AvgIpc) is 2.77. The highest BCUT2D eigenvalue weighted by atomic mass is 32.2. The quantitative estimate of drug-likeness (QED) is 0.485. The first-order chi connectivity index (χ1) is 14.6. The lowest BCUT2D eigenvalue weighted by atomic mass is 9.97. The van der Waals surface area contributed by atoms with Crippen LogP contribution in [-0.4, -0.2) is 26.2 Å². The minimum absolute atomic E-state index is 0.0571. The van der Waals surface area contributed by atoms with Crippen molar-refractivity contribution >= 4 is 23.4 Å². The van der Waals surface area contributed by atoms with Gasteiger partial charge in [0.15, 0.2) is 0 Å². The number of carbonyl (C=O) groups is 1. The smallest absolute Gasteiger partial charge is 0.323 e. The molecule has 1 aliphatic carbocycles. The van der Waals surface area contributed by atoms with Crippen LogP contribution in [0.4, 0.5) is 10.1 Å². The lowest BCUT2D eigenvalue weighted by molar-refractivity contribution is -0.113.